The Morgan fingerprint density at radius 3 is 2.63 bits per heavy atom. The molecule has 1 heterocycles. The van der Waals surface area contributed by atoms with Gasteiger partial charge in [-0.15, -0.1) is 23.1 Å². The first-order valence-corrected chi connectivity index (χ1v) is 8.71. The number of hydrogen-bond donors (Lipinski definition) is 1. The molecule has 0 aliphatic heterocycles. The molecule has 0 atom stereocenters. The lowest BCUT2D eigenvalue weighted by Gasteiger charge is -2.20. The molecule has 1 aliphatic rings. The summed E-state index contributed by atoms with van der Waals surface area (Å²) in [5.74, 6) is 1.08. The van der Waals surface area contributed by atoms with Crippen LogP contribution in [0.15, 0.2) is 4.90 Å². The zero-order valence-electron chi connectivity index (χ0n) is 12.0. The molecular formula is C14H22N2OS2. The molecule has 5 heteroatoms. The number of ketones is 1. The van der Waals surface area contributed by atoms with E-state index < -0.39 is 0 Å². The molecular weight excluding hydrogens is 276 g/mol. The van der Waals surface area contributed by atoms with E-state index in [0.29, 0.717) is 11.6 Å². The van der Waals surface area contributed by atoms with Gasteiger partial charge in [0, 0.05) is 19.5 Å². The van der Waals surface area contributed by atoms with E-state index >= 15 is 0 Å². The molecule has 2 N–H and O–H groups in total. The third kappa shape index (κ3) is 3.08. The van der Waals surface area contributed by atoms with Crippen molar-refractivity contribution >= 4 is 39.6 Å². The van der Waals surface area contributed by atoms with Crippen LogP contribution in [0.1, 0.15) is 36.4 Å². The summed E-state index contributed by atoms with van der Waals surface area (Å²) in [4.78, 5) is 16.3. The maximum absolute atomic E-state index is 12.3. The molecule has 1 aromatic heterocycles. The van der Waals surface area contributed by atoms with Crippen LogP contribution in [0.2, 0.25) is 0 Å². The Morgan fingerprint density at radius 1 is 1.53 bits per heavy atom. The number of carbonyl (C=O) groups is 1. The summed E-state index contributed by atoms with van der Waals surface area (Å²) in [6, 6.07) is 0. The number of nitrogen functional groups attached to an aromatic ring is 1. The number of thioether (sulfide) groups is 1. The molecule has 0 saturated heterocycles. The predicted molar refractivity (Wildman–Crippen MR) is 85.7 cm³/mol. The van der Waals surface area contributed by atoms with Crippen molar-refractivity contribution in [2.75, 3.05) is 30.5 Å². The third-order valence-electron chi connectivity index (χ3n) is 3.24. The highest BCUT2D eigenvalue weighted by Gasteiger charge is 2.34. The van der Waals surface area contributed by atoms with Gasteiger partial charge in [0.1, 0.15) is 5.00 Å². The summed E-state index contributed by atoms with van der Waals surface area (Å²) in [5.41, 5.74) is 6.89. The zero-order valence-corrected chi connectivity index (χ0v) is 13.7. The number of anilines is 2. The van der Waals surface area contributed by atoms with Crippen molar-refractivity contribution < 1.29 is 4.79 Å². The predicted octanol–water partition coefficient (Wildman–Crippen LogP) is 3.74. The molecule has 1 aliphatic carbocycles. The van der Waals surface area contributed by atoms with Crippen LogP contribution in [-0.2, 0) is 0 Å². The van der Waals surface area contributed by atoms with Crippen molar-refractivity contribution in [2.24, 2.45) is 11.8 Å². The van der Waals surface area contributed by atoms with Crippen LogP contribution in [0, 0.1) is 11.8 Å². The fourth-order valence-electron chi connectivity index (χ4n) is 2.21. The summed E-state index contributed by atoms with van der Waals surface area (Å²) >= 11 is 3.21. The van der Waals surface area contributed by atoms with Gasteiger partial charge in [-0.2, -0.15) is 0 Å². The molecule has 0 radical (unpaired) electrons. The smallest absolute Gasteiger partial charge is 0.178 e. The molecule has 3 nitrogen and oxygen atoms in total. The molecule has 1 aromatic rings. The second-order valence-corrected chi connectivity index (χ2v) is 7.41. The first-order chi connectivity index (χ1) is 8.95. The van der Waals surface area contributed by atoms with E-state index in [-0.39, 0.29) is 11.7 Å². The third-order valence-corrected chi connectivity index (χ3v) is 5.53. The van der Waals surface area contributed by atoms with Crippen molar-refractivity contribution in [3.8, 4) is 0 Å². The molecule has 1 fully saturated rings. The van der Waals surface area contributed by atoms with Crippen LogP contribution >= 0.6 is 23.1 Å². The highest BCUT2D eigenvalue weighted by Crippen LogP contribution is 2.46. The fraction of sp³-hybridized carbons (Fsp3) is 0.643. The summed E-state index contributed by atoms with van der Waals surface area (Å²) in [6.45, 7) is 5.37. The molecule has 0 amide bonds. The van der Waals surface area contributed by atoms with Crippen molar-refractivity contribution in [1.29, 1.82) is 0 Å². The first kappa shape index (κ1) is 14.7. The van der Waals surface area contributed by atoms with Gasteiger partial charge in [-0.05, 0) is 25.0 Å². The molecule has 0 aromatic carbocycles. The van der Waals surface area contributed by atoms with Crippen LogP contribution in [0.5, 0.6) is 0 Å². The zero-order chi connectivity index (χ0) is 14.2. The van der Waals surface area contributed by atoms with Crippen LogP contribution in [0.3, 0.4) is 0 Å². The summed E-state index contributed by atoms with van der Waals surface area (Å²) in [5, 5.41) is 1.14. The topological polar surface area (TPSA) is 46.3 Å². The van der Waals surface area contributed by atoms with Gasteiger partial charge in [0.25, 0.3) is 0 Å². The second-order valence-electron chi connectivity index (χ2n) is 5.60. The Bertz CT molecular complexity index is 478. The van der Waals surface area contributed by atoms with Crippen molar-refractivity contribution in [2.45, 2.75) is 31.6 Å². The number of nitrogens with zero attached hydrogens (tertiary/aromatic N) is 1. The van der Waals surface area contributed by atoms with Gasteiger partial charge >= 0.3 is 0 Å². The summed E-state index contributed by atoms with van der Waals surface area (Å²) in [7, 11) is 2.08. The molecule has 19 heavy (non-hydrogen) atoms. The lowest BCUT2D eigenvalue weighted by molar-refractivity contribution is 0.0972. The van der Waals surface area contributed by atoms with Gasteiger partial charge in [-0.25, -0.2) is 0 Å². The van der Waals surface area contributed by atoms with Crippen molar-refractivity contribution in [3.05, 3.63) is 4.88 Å². The molecule has 2 rings (SSSR count). The minimum atomic E-state index is 0.235. The maximum atomic E-state index is 12.3. The minimum absolute atomic E-state index is 0.235. The lowest BCUT2D eigenvalue weighted by Crippen LogP contribution is -2.21. The minimum Gasteiger partial charge on any atom is -0.396 e. The normalized spacial score (nSPS) is 15.0. The summed E-state index contributed by atoms with van der Waals surface area (Å²) in [6.07, 6.45) is 4.08. The van der Waals surface area contributed by atoms with Crippen molar-refractivity contribution in [1.82, 2.24) is 0 Å². The number of carbonyl (C=O) groups excluding carboxylic acids is 1. The van der Waals surface area contributed by atoms with Crippen molar-refractivity contribution in [3.63, 3.8) is 0 Å². The van der Waals surface area contributed by atoms with Crippen LogP contribution < -0.4 is 10.6 Å². The van der Waals surface area contributed by atoms with E-state index in [2.05, 4.69) is 25.8 Å². The summed E-state index contributed by atoms with van der Waals surface area (Å²) < 4.78 is 0. The van der Waals surface area contributed by atoms with Gasteiger partial charge in [0.15, 0.2) is 5.78 Å². The standard InChI is InChI=1S/C14H22N2OS2/c1-8(2)7-16(3)14-13(18-4)10(15)12(19-14)11(17)9-5-6-9/h8-9H,5-7,15H2,1-4H3. The largest absolute Gasteiger partial charge is 0.396 e. The quantitative estimate of drug-likeness (QED) is 0.642. The molecule has 1 saturated carbocycles. The number of thiophene rings is 1. The van der Waals surface area contributed by atoms with Gasteiger partial charge < -0.3 is 10.6 Å². The fourth-order valence-corrected chi connectivity index (χ4v) is 4.41. The Balaban J connectivity index is 2.32. The van der Waals surface area contributed by atoms with E-state index in [4.69, 9.17) is 5.73 Å². The van der Waals surface area contributed by atoms with E-state index in [1.165, 1.54) is 0 Å². The Morgan fingerprint density at radius 2 is 2.16 bits per heavy atom. The number of nitrogens with two attached hydrogens (primary N) is 1. The molecule has 0 unspecified atom stereocenters. The Hall–Kier alpha value is -0.680. The number of rotatable bonds is 6. The first-order valence-electron chi connectivity index (χ1n) is 6.67. The van der Waals surface area contributed by atoms with E-state index in [9.17, 15) is 4.79 Å². The number of Topliss-reactive ketones (excluding diaryl/α,β-unsaturated/α-hetero) is 1. The Labute approximate surface area is 123 Å². The van der Waals surface area contributed by atoms with Gasteiger partial charge in [0.2, 0.25) is 0 Å². The van der Waals surface area contributed by atoms with E-state index in [1.54, 1.807) is 23.1 Å². The van der Waals surface area contributed by atoms with Gasteiger partial charge in [-0.1, -0.05) is 13.8 Å². The monoisotopic (exact) mass is 298 g/mol. The van der Waals surface area contributed by atoms with Gasteiger partial charge in [-0.3, -0.25) is 4.79 Å². The SMILES string of the molecule is CSc1c(N(C)CC(C)C)sc(C(=O)C2CC2)c1N. The van der Waals surface area contributed by atoms with Gasteiger partial charge in [0.05, 0.1) is 15.5 Å². The van der Waals surface area contributed by atoms with Crippen LogP contribution in [0.4, 0.5) is 10.7 Å². The number of hydrogen-bond acceptors (Lipinski definition) is 5. The Kier molecular flexibility index (Phi) is 4.46. The average molecular weight is 298 g/mol. The molecule has 0 spiro atoms. The highest BCUT2D eigenvalue weighted by atomic mass is 32.2. The van der Waals surface area contributed by atoms with Crippen LogP contribution in [-0.4, -0.2) is 25.6 Å². The van der Waals surface area contributed by atoms with E-state index in [1.807, 2.05) is 6.26 Å². The molecule has 106 valence electrons. The highest BCUT2D eigenvalue weighted by molar-refractivity contribution is 7.99. The maximum Gasteiger partial charge on any atom is 0.178 e. The molecule has 0 bridgehead atoms. The second kappa shape index (κ2) is 5.75. The van der Waals surface area contributed by atoms with Crippen LogP contribution in [0.25, 0.3) is 0 Å². The average Bonchev–Trinajstić information content (AvgIpc) is 3.11. The lowest BCUT2D eigenvalue weighted by atomic mass is 10.2. The van der Waals surface area contributed by atoms with E-state index in [0.717, 1.165) is 34.2 Å².